The zero-order valence-corrected chi connectivity index (χ0v) is 14.3. The molecule has 2 rings (SSSR count). The van der Waals surface area contributed by atoms with Crippen LogP contribution in [0.2, 0.25) is 0 Å². The Hall–Kier alpha value is -1.14. The van der Waals surface area contributed by atoms with E-state index >= 15 is 0 Å². The number of rotatable bonds is 8. The van der Waals surface area contributed by atoms with Crippen LogP contribution in [0.4, 0.5) is 0 Å². The van der Waals surface area contributed by atoms with Crippen LogP contribution in [-0.4, -0.2) is 32.5 Å². The quantitative estimate of drug-likeness (QED) is 0.600. The van der Waals surface area contributed by atoms with Gasteiger partial charge in [-0.05, 0) is 31.0 Å². The highest BCUT2D eigenvalue weighted by Gasteiger charge is 2.14. The molecule has 2 aromatic heterocycles. The Labute approximate surface area is 131 Å². The molecule has 0 unspecified atom stereocenters. The Morgan fingerprint density at radius 2 is 2.14 bits per heavy atom. The predicted molar refractivity (Wildman–Crippen MR) is 88.2 cm³/mol. The fourth-order valence-electron chi connectivity index (χ4n) is 2.54. The number of aromatic nitrogens is 4. The number of hydrogen-bond donors (Lipinski definition) is 1. The van der Waals surface area contributed by atoms with Crippen molar-refractivity contribution in [3.8, 4) is 0 Å². The van der Waals surface area contributed by atoms with E-state index in [1.807, 2.05) is 11.7 Å². The van der Waals surface area contributed by atoms with Gasteiger partial charge in [0.15, 0.2) is 10.4 Å². The summed E-state index contributed by atoms with van der Waals surface area (Å²) in [6, 6.07) is 0. The number of ether oxygens (including phenoxy) is 1. The second kappa shape index (κ2) is 7.22. The molecule has 0 aromatic carbocycles. The summed E-state index contributed by atoms with van der Waals surface area (Å²) in [5, 5.41) is 4.60. The molecule has 0 radical (unpaired) electrons. The highest BCUT2D eigenvalue weighted by molar-refractivity contribution is 7.71. The largest absolute Gasteiger partial charge is 0.381 e. The number of H-pyrrole nitrogens is 1. The minimum Gasteiger partial charge on any atom is -0.381 e. The normalized spacial score (nSPS) is 11.9. The molecule has 0 saturated heterocycles. The zero-order chi connectivity index (χ0) is 15.4. The van der Waals surface area contributed by atoms with Gasteiger partial charge in [0.2, 0.25) is 0 Å². The minimum atomic E-state index is 0.583. The SMILES string of the molecule is CCCc1nn(C)c2c1[nH]c(=S)n2CCCOCC(C)C. The van der Waals surface area contributed by atoms with Crippen LogP contribution in [0.15, 0.2) is 0 Å². The van der Waals surface area contributed by atoms with Gasteiger partial charge in [-0.3, -0.25) is 4.68 Å². The molecule has 0 aliphatic rings. The van der Waals surface area contributed by atoms with E-state index in [1.165, 1.54) is 0 Å². The lowest BCUT2D eigenvalue weighted by molar-refractivity contribution is 0.105. The first-order valence-corrected chi connectivity index (χ1v) is 8.17. The van der Waals surface area contributed by atoms with Crippen LogP contribution in [0.5, 0.6) is 0 Å². The summed E-state index contributed by atoms with van der Waals surface area (Å²) in [5.41, 5.74) is 3.29. The van der Waals surface area contributed by atoms with Crippen molar-refractivity contribution in [2.45, 2.75) is 46.6 Å². The molecule has 0 saturated carbocycles. The molecule has 2 heterocycles. The van der Waals surface area contributed by atoms with Crippen LogP contribution in [0.3, 0.4) is 0 Å². The van der Waals surface area contributed by atoms with Gasteiger partial charge in [0, 0.05) is 26.8 Å². The molecular weight excluding hydrogens is 284 g/mol. The average Bonchev–Trinajstić information content (AvgIpc) is 2.88. The van der Waals surface area contributed by atoms with Crippen molar-refractivity contribution in [2.75, 3.05) is 13.2 Å². The fourth-order valence-corrected chi connectivity index (χ4v) is 2.82. The number of fused-ring (bicyclic) bond motifs is 1. The second-order valence-corrected chi connectivity index (χ2v) is 6.31. The maximum atomic E-state index is 5.64. The Morgan fingerprint density at radius 3 is 2.81 bits per heavy atom. The van der Waals surface area contributed by atoms with Crippen LogP contribution in [-0.2, 0) is 24.8 Å². The highest BCUT2D eigenvalue weighted by Crippen LogP contribution is 2.19. The topological polar surface area (TPSA) is 47.8 Å². The summed E-state index contributed by atoms with van der Waals surface area (Å²) >= 11 is 5.46. The maximum Gasteiger partial charge on any atom is 0.179 e. The molecule has 0 aliphatic heterocycles. The molecule has 21 heavy (non-hydrogen) atoms. The molecule has 0 bridgehead atoms. The van der Waals surface area contributed by atoms with Gasteiger partial charge in [-0.2, -0.15) is 5.10 Å². The number of aromatic amines is 1. The molecule has 118 valence electrons. The van der Waals surface area contributed by atoms with Gasteiger partial charge >= 0.3 is 0 Å². The third-order valence-corrected chi connectivity index (χ3v) is 3.75. The molecule has 2 aromatic rings. The lowest BCUT2D eigenvalue weighted by Crippen LogP contribution is -2.08. The maximum absolute atomic E-state index is 5.64. The van der Waals surface area contributed by atoms with E-state index in [1.54, 1.807) is 0 Å². The molecular formula is C15H26N4OS. The summed E-state index contributed by atoms with van der Waals surface area (Å²) in [6.07, 6.45) is 3.02. The minimum absolute atomic E-state index is 0.583. The van der Waals surface area contributed by atoms with Gasteiger partial charge in [0.1, 0.15) is 5.52 Å². The van der Waals surface area contributed by atoms with Gasteiger partial charge < -0.3 is 14.3 Å². The molecule has 0 aliphatic carbocycles. The molecule has 0 fully saturated rings. The van der Waals surface area contributed by atoms with Gasteiger partial charge in [-0.25, -0.2) is 0 Å². The third kappa shape index (κ3) is 3.74. The summed E-state index contributed by atoms with van der Waals surface area (Å²) < 4.78 is 10.5. The number of imidazole rings is 1. The van der Waals surface area contributed by atoms with Gasteiger partial charge in [-0.15, -0.1) is 0 Å². The van der Waals surface area contributed by atoms with E-state index in [9.17, 15) is 0 Å². The monoisotopic (exact) mass is 310 g/mol. The first-order chi connectivity index (χ1) is 10.0. The van der Waals surface area contributed by atoms with Crippen LogP contribution in [0, 0.1) is 10.7 Å². The summed E-state index contributed by atoms with van der Waals surface area (Å²) in [6.45, 7) is 8.94. The van der Waals surface area contributed by atoms with E-state index in [-0.39, 0.29) is 0 Å². The van der Waals surface area contributed by atoms with Crippen molar-refractivity contribution < 1.29 is 4.74 Å². The van der Waals surface area contributed by atoms with E-state index in [0.717, 1.165) is 60.6 Å². The smallest absolute Gasteiger partial charge is 0.179 e. The van der Waals surface area contributed by atoms with Crippen LogP contribution in [0.25, 0.3) is 11.2 Å². The molecule has 0 amide bonds. The van der Waals surface area contributed by atoms with Crippen molar-refractivity contribution in [1.29, 1.82) is 0 Å². The van der Waals surface area contributed by atoms with Gasteiger partial charge in [0.05, 0.1) is 5.69 Å². The van der Waals surface area contributed by atoms with Crippen molar-refractivity contribution in [3.05, 3.63) is 10.5 Å². The average molecular weight is 310 g/mol. The molecule has 0 spiro atoms. The Bertz CT molecular complexity index is 638. The van der Waals surface area contributed by atoms with Gasteiger partial charge in [-0.1, -0.05) is 27.2 Å². The van der Waals surface area contributed by atoms with E-state index < -0.39 is 0 Å². The van der Waals surface area contributed by atoms with E-state index in [0.29, 0.717) is 5.92 Å². The fraction of sp³-hybridized carbons (Fsp3) is 0.733. The van der Waals surface area contributed by atoms with Crippen LogP contribution in [0.1, 0.15) is 39.3 Å². The van der Waals surface area contributed by atoms with Crippen molar-refractivity contribution in [1.82, 2.24) is 19.3 Å². The number of hydrogen-bond acceptors (Lipinski definition) is 3. The van der Waals surface area contributed by atoms with Crippen molar-refractivity contribution in [3.63, 3.8) is 0 Å². The molecule has 6 heteroatoms. The number of nitrogens with zero attached hydrogens (tertiary/aromatic N) is 3. The second-order valence-electron chi connectivity index (χ2n) is 5.92. The molecule has 5 nitrogen and oxygen atoms in total. The standard InChI is InChI=1S/C15H26N4OS/c1-5-7-12-13-14(18(4)17-12)19(15(21)16-13)8-6-9-20-10-11(2)3/h11H,5-10H2,1-4H3,(H,16,21). The zero-order valence-electron chi connectivity index (χ0n) is 13.5. The third-order valence-electron chi connectivity index (χ3n) is 3.43. The first kappa shape index (κ1) is 16.2. The van der Waals surface area contributed by atoms with Crippen LogP contribution >= 0.6 is 12.2 Å². The van der Waals surface area contributed by atoms with E-state index in [4.69, 9.17) is 17.0 Å². The van der Waals surface area contributed by atoms with Crippen molar-refractivity contribution in [2.24, 2.45) is 13.0 Å². The molecule has 0 atom stereocenters. The lowest BCUT2D eigenvalue weighted by atomic mass is 10.2. The van der Waals surface area contributed by atoms with Gasteiger partial charge in [0.25, 0.3) is 0 Å². The summed E-state index contributed by atoms with van der Waals surface area (Å²) in [5.74, 6) is 0.583. The Kier molecular flexibility index (Phi) is 5.58. The summed E-state index contributed by atoms with van der Waals surface area (Å²) in [4.78, 5) is 3.31. The summed E-state index contributed by atoms with van der Waals surface area (Å²) in [7, 11) is 1.98. The van der Waals surface area contributed by atoms with Crippen LogP contribution < -0.4 is 0 Å². The Morgan fingerprint density at radius 1 is 1.38 bits per heavy atom. The Balaban J connectivity index is 2.09. The van der Waals surface area contributed by atoms with Crippen molar-refractivity contribution >= 4 is 23.4 Å². The highest BCUT2D eigenvalue weighted by atomic mass is 32.1. The lowest BCUT2D eigenvalue weighted by Gasteiger charge is -2.08. The first-order valence-electron chi connectivity index (χ1n) is 7.76. The van der Waals surface area contributed by atoms with E-state index in [2.05, 4.69) is 35.4 Å². The molecule has 1 N–H and O–H groups in total. The number of nitrogens with one attached hydrogen (secondary N) is 1. The number of aryl methyl sites for hydroxylation is 3. The predicted octanol–water partition coefficient (Wildman–Crippen LogP) is 3.45.